The number of hydrogen-bond acceptors (Lipinski definition) is 3. The predicted molar refractivity (Wildman–Crippen MR) is 104 cm³/mol. The Kier molecular flexibility index (Phi) is 6.51. The number of aliphatic hydroxyl groups is 1. The number of aliphatic hydroxyl groups excluding tert-OH is 1. The minimum Gasteiger partial charge on any atom is -0.508 e. The van der Waals surface area contributed by atoms with Crippen molar-refractivity contribution in [1.29, 1.82) is 0 Å². The molecule has 0 aliphatic carbocycles. The molecule has 26 heavy (non-hydrogen) atoms. The maximum Gasteiger partial charge on any atom is 0.126 e. The van der Waals surface area contributed by atoms with E-state index in [2.05, 4.69) is 39.9 Å². The molecular formula is C22H32FNO2. The molecule has 0 fully saturated rings. The topological polar surface area (TPSA) is 52.5 Å². The van der Waals surface area contributed by atoms with Gasteiger partial charge in [0.15, 0.2) is 0 Å². The molecule has 0 saturated heterocycles. The smallest absolute Gasteiger partial charge is 0.126 e. The van der Waals surface area contributed by atoms with Gasteiger partial charge in [-0.15, -0.1) is 0 Å². The zero-order valence-corrected chi connectivity index (χ0v) is 16.7. The molecule has 0 bridgehead atoms. The first kappa shape index (κ1) is 20.5. The lowest BCUT2D eigenvalue weighted by Gasteiger charge is -2.39. The molecular weight excluding hydrogens is 329 g/mol. The van der Waals surface area contributed by atoms with Crippen molar-refractivity contribution in [2.24, 2.45) is 11.8 Å². The van der Waals surface area contributed by atoms with Crippen LogP contribution in [0.5, 0.6) is 5.75 Å². The van der Waals surface area contributed by atoms with Crippen LogP contribution in [0.1, 0.15) is 65.9 Å². The number of phenols is 1. The fraction of sp³-hybridized carbons (Fsp3) is 0.545. The van der Waals surface area contributed by atoms with E-state index >= 15 is 0 Å². The molecule has 3 N–H and O–H groups in total. The molecule has 1 aliphatic heterocycles. The summed E-state index contributed by atoms with van der Waals surface area (Å²) in [5.74, 6) is -0.286. The van der Waals surface area contributed by atoms with Crippen molar-refractivity contribution < 1.29 is 14.6 Å². The third kappa shape index (κ3) is 3.96. The Labute approximate surface area is 156 Å². The second kappa shape index (κ2) is 8.26. The SMILES string of the molecule is CCCC1=C(C(C)C)NC(C(C)C)=C(C(C)O)C1c1ccc(F)cc1O. The zero-order valence-electron chi connectivity index (χ0n) is 16.7. The van der Waals surface area contributed by atoms with Crippen LogP contribution in [-0.2, 0) is 0 Å². The van der Waals surface area contributed by atoms with E-state index in [9.17, 15) is 14.6 Å². The molecule has 1 aromatic carbocycles. The van der Waals surface area contributed by atoms with Crippen LogP contribution >= 0.6 is 0 Å². The van der Waals surface area contributed by atoms with Gasteiger partial charge >= 0.3 is 0 Å². The highest BCUT2D eigenvalue weighted by Crippen LogP contribution is 2.46. The minimum atomic E-state index is -0.671. The highest BCUT2D eigenvalue weighted by atomic mass is 19.1. The van der Waals surface area contributed by atoms with E-state index in [1.54, 1.807) is 13.0 Å². The van der Waals surface area contributed by atoms with Crippen LogP contribution in [-0.4, -0.2) is 16.3 Å². The van der Waals surface area contributed by atoms with E-state index in [1.165, 1.54) is 11.6 Å². The molecule has 2 unspecified atom stereocenters. The lowest BCUT2D eigenvalue weighted by Crippen LogP contribution is -2.34. The summed E-state index contributed by atoms with van der Waals surface area (Å²) in [5.41, 5.74) is 4.84. The summed E-state index contributed by atoms with van der Waals surface area (Å²) in [6.07, 6.45) is 1.13. The standard InChI is InChI=1S/C22H32FNO2/c1-7-8-17-20(16-10-9-15(23)11-18(16)26)19(14(6)25)22(13(4)5)24-21(17)12(2)3/h9-14,20,24-26H,7-8H2,1-6H3. The highest BCUT2D eigenvalue weighted by molar-refractivity contribution is 5.52. The first-order valence-corrected chi connectivity index (χ1v) is 9.59. The molecule has 4 heteroatoms. The number of rotatable bonds is 6. The van der Waals surface area contributed by atoms with E-state index in [0.29, 0.717) is 5.56 Å². The number of hydrogen-bond donors (Lipinski definition) is 3. The van der Waals surface area contributed by atoms with Crippen molar-refractivity contribution >= 4 is 0 Å². The van der Waals surface area contributed by atoms with Gasteiger partial charge in [0.25, 0.3) is 0 Å². The largest absolute Gasteiger partial charge is 0.508 e. The Bertz CT molecular complexity index is 717. The van der Waals surface area contributed by atoms with E-state index in [1.807, 2.05) is 0 Å². The van der Waals surface area contributed by atoms with Crippen LogP contribution in [0.4, 0.5) is 4.39 Å². The Hall–Kier alpha value is -1.81. The molecule has 2 atom stereocenters. The zero-order chi connectivity index (χ0) is 19.6. The Morgan fingerprint density at radius 3 is 2.15 bits per heavy atom. The van der Waals surface area contributed by atoms with Gasteiger partial charge < -0.3 is 15.5 Å². The van der Waals surface area contributed by atoms with Crippen molar-refractivity contribution in [3.05, 3.63) is 52.1 Å². The van der Waals surface area contributed by atoms with Crippen molar-refractivity contribution in [3.8, 4) is 5.75 Å². The average Bonchev–Trinajstić information content (AvgIpc) is 2.54. The lowest BCUT2D eigenvalue weighted by atomic mass is 9.74. The number of allylic oxidation sites excluding steroid dienone is 3. The molecule has 0 spiro atoms. The van der Waals surface area contributed by atoms with Crippen LogP contribution in [0.25, 0.3) is 0 Å². The van der Waals surface area contributed by atoms with E-state index in [-0.39, 0.29) is 23.5 Å². The van der Waals surface area contributed by atoms with Crippen molar-refractivity contribution in [3.63, 3.8) is 0 Å². The fourth-order valence-corrected chi connectivity index (χ4v) is 3.92. The predicted octanol–water partition coefficient (Wildman–Crippen LogP) is 5.22. The van der Waals surface area contributed by atoms with Crippen LogP contribution in [0.3, 0.4) is 0 Å². The maximum absolute atomic E-state index is 13.6. The second-order valence-corrected chi connectivity index (χ2v) is 7.80. The van der Waals surface area contributed by atoms with Gasteiger partial charge in [-0.05, 0) is 42.4 Å². The van der Waals surface area contributed by atoms with Crippen molar-refractivity contribution in [2.45, 2.75) is 66.4 Å². The van der Waals surface area contributed by atoms with Gasteiger partial charge in [0.05, 0.1) is 6.10 Å². The molecule has 0 saturated carbocycles. The molecule has 1 aliphatic rings. The van der Waals surface area contributed by atoms with Crippen LogP contribution in [0, 0.1) is 17.7 Å². The van der Waals surface area contributed by atoms with E-state index in [4.69, 9.17) is 0 Å². The molecule has 2 rings (SSSR count). The number of aromatic hydroxyl groups is 1. The average molecular weight is 362 g/mol. The molecule has 0 aromatic heterocycles. The van der Waals surface area contributed by atoms with E-state index in [0.717, 1.165) is 35.9 Å². The Morgan fingerprint density at radius 1 is 1.08 bits per heavy atom. The number of nitrogens with one attached hydrogen (secondary N) is 1. The summed E-state index contributed by atoms with van der Waals surface area (Å²) in [6, 6.07) is 4.18. The fourth-order valence-electron chi connectivity index (χ4n) is 3.92. The molecule has 3 nitrogen and oxygen atoms in total. The third-order valence-electron chi connectivity index (χ3n) is 5.01. The lowest BCUT2D eigenvalue weighted by molar-refractivity contribution is 0.219. The molecule has 0 radical (unpaired) electrons. The van der Waals surface area contributed by atoms with Crippen molar-refractivity contribution in [1.82, 2.24) is 5.32 Å². The monoisotopic (exact) mass is 361 g/mol. The van der Waals surface area contributed by atoms with Crippen LogP contribution < -0.4 is 5.32 Å². The van der Waals surface area contributed by atoms with Crippen LogP contribution in [0.2, 0.25) is 0 Å². The van der Waals surface area contributed by atoms with Gasteiger partial charge in [-0.3, -0.25) is 0 Å². The van der Waals surface area contributed by atoms with Crippen molar-refractivity contribution in [2.75, 3.05) is 0 Å². The van der Waals surface area contributed by atoms with Gasteiger partial charge in [0.1, 0.15) is 11.6 Å². The summed E-state index contributed by atoms with van der Waals surface area (Å²) < 4.78 is 13.6. The van der Waals surface area contributed by atoms with Crippen LogP contribution in [0.15, 0.2) is 40.7 Å². The number of benzene rings is 1. The highest BCUT2D eigenvalue weighted by Gasteiger charge is 2.35. The summed E-state index contributed by atoms with van der Waals surface area (Å²) in [7, 11) is 0. The maximum atomic E-state index is 13.6. The number of halogens is 1. The van der Waals surface area contributed by atoms with Gasteiger partial charge in [-0.25, -0.2) is 4.39 Å². The third-order valence-corrected chi connectivity index (χ3v) is 5.01. The summed E-state index contributed by atoms with van der Waals surface area (Å²) in [6.45, 7) is 12.4. The molecule has 0 amide bonds. The van der Waals surface area contributed by atoms with Gasteiger partial charge in [0, 0.05) is 28.9 Å². The summed E-state index contributed by atoms with van der Waals surface area (Å²) in [5, 5.41) is 24.7. The van der Waals surface area contributed by atoms with Gasteiger partial charge in [0.2, 0.25) is 0 Å². The Morgan fingerprint density at radius 2 is 1.69 bits per heavy atom. The molecule has 1 heterocycles. The second-order valence-electron chi connectivity index (χ2n) is 7.80. The van der Waals surface area contributed by atoms with Gasteiger partial charge in [-0.1, -0.05) is 47.1 Å². The summed E-state index contributed by atoms with van der Waals surface area (Å²) >= 11 is 0. The molecule has 144 valence electrons. The normalized spacial score (nSPS) is 19.4. The number of dihydropyridines is 1. The molecule has 1 aromatic rings. The number of phenolic OH excluding ortho intramolecular Hbond substituents is 1. The summed E-state index contributed by atoms with van der Waals surface area (Å²) in [4.78, 5) is 0. The first-order valence-electron chi connectivity index (χ1n) is 9.59. The van der Waals surface area contributed by atoms with Gasteiger partial charge in [-0.2, -0.15) is 0 Å². The van der Waals surface area contributed by atoms with E-state index < -0.39 is 11.9 Å². The first-order chi connectivity index (χ1) is 12.2. The Balaban J connectivity index is 2.79. The quantitative estimate of drug-likeness (QED) is 0.651. The minimum absolute atomic E-state index is 0.0603.